The lowest BCUT2D eigenvalue weighted by atomic mass is 9.81. The Morgan fingerprint density at radius 3 is 2.75 bits per heavy atom. The molecule has 1 aromatic heterocycles. The number of fused-ring (bicyclic) bond motifs is 1. The van der Waals surface area contributed by atoms with Crippen LogP contribution in [0.1, 0.15) is 36.5 Å². The molecule has 0 aliphatic carbocycles. The number of piperidine rings is 1. The van der Waals surface area contributed by atoms with Gasteiger partial charge < -0.3 is 19.7 Å². The lowest BCUT2D eigenvalue weighted by Crippen LogP contribution is -2.44. The van der Waals surface area contributed by atoms with Crippen molar-refractivity contribution in [1.82, 2.24) is 9.88 Å². The Morgan fingerprint density at radius 2 is 1.97 bits per heavy atom. The molecule has 3 atom stereocenters. The van der Waals surface area contributed by atoms with Crippen molar-refractivity contribution >= 4 is 16.9 Å². The number of aliphatic hydroxyl groups excluding tert-OH is 1. The number of aliphatic carboxylic acids is 1. The van der Waals surface area contributed by atoms with E-state index >= 15 is 0 Å². The van der Waals surface area contributed by atoms with Gasteiger partial charge in [0, 0.05) is 23.7 Å². The summed E-state index contributed by atoms with van der Waals surface area (Å²) < 4.78 is 10.6. The van der Waals surface area contributed by atoms with Crippen LogP contribution in [-0.2, 0) is 4.79 Å². The minimum Gasteiger partial charge on any atom is -0.497 e. The van der Waals surface area contributed by atoms with Gasteiger partial charge in [0.25, 0.3) is 0 Å². The lowest BCUT2D eigenvalue weighted by molar-refractivity contribution is -0.146. The van der Waals surface area contributed by atoms with Crippen LogP contribution in [0.3, 0.4) is 0 Å². The van der Waals surface area contributed by atoms with E-state index in [1.54, 1.807) is 20.4 Å². The summed E-state index contributed by atoms with van der Waals surface area (Å²) in [7, 11) is 3.23. The number of nitrogens with zero attached hydrogens (tertiary/aromatic N) is 2. The number of likely N-dealkylation sites (tertiary alicyclic amines) is 1. The Morgan fingerprint density at radius 1 is 1.17 bits per heavy atom. The number of aromatic nitrogens is 1. The molecular weight excluding hydrogens is 456 g/mol. The predicted octanol–water partition coefficient (Wildman–Crippen LogP) is 4.14. The van der Waals surface area contributed by atoms with Crippen LogP contribution in [0.15, 0.2) is 54.7 Å². The highest BCUT2D eigenvalue weighted by atomic mass is 16.5. The number of methoxy groups -OCH3 is 2. The third-order valence-corrected chi connectivity index (χ3v) is 6.91. The van der Waals surface area contributed by atoms with Crippen LogP contribution in [0, 0.1) is 23.7 Å². The second-order valence-electron chi connectivity index (χ2n) is 9.14. The zero-order valence-electron chi connectivity index (χ0n) is 20.7. The predicted molar refractivity (Wildman–Crippen MR) is 138 cm³/mol. The fourth-order valence-electron chi connectivity index (χ4n) is 4.88. The maximum Gasteiger partial charge on any atom is 0.308 e. The summed E-state index contributed by atoms with van der Waals surface area (Å²) in [5, 5.41) is 21.8. The SMILES string of the molecule is COc1cccc(C#CCN2CC[C@@H](CC[C@H](O)c3ccnc4ccc(OC)cc34)[C@@H](C(=O)O)C2)c1. The third-order valence-electron chi connectivity index (χ3n) is 6.91. The summed E-state index contributed by atoms with van der Waals surface area (Å²) >= 11 is 0. The molecule has 0 saturated carbocycles. The molecule has 2 heterocycles. The second-order valence-corrected chi connectivity index (χ2v) is 9.14. The van der Waals surface area contributed by atoms with Gasteiger partial charge in [0.05, 0.1) is 38.3 Å². The highest BCUT2D eigenvalue weighted by Crippen LogP contribution is 2.33. The van der Waals surface area contributed by atoms with Gasteiger partial charge in [-0.25, -0.2) is 0 Å². The number of carboxylic acid groups (broad SMARTS) is 1. The van der Waals surface area contributed by atoms with Gasteiger partial charge in [0.15, 0.2) is 0 Å². The second kappa shape index (κ2) is 11.9. The number of hydrogen-bond acceptors (Lipinski definition) is 6. The molecule has 0 bridgehead atoms. The van der Waals surface area contributed by atoms with Gasteiger partial charge in [-0.2, -0.15) is 0 Å². The third kappa shape index (κ3) is 6.14. The largest absolute Gasteiger partial charge is 0.497 e. The van der Waals surface area contributed by atoms with E-state index in [1.165, 1.54) is 0 Å². The van der Waals surface area contributed by atoms with E-state index in [0.717, 1.165) is 40.7 Å². The molecule has 1 saturated heterocycles. The van der Waals surface area contributed by atoms with Crippen LogP contribution >= 0.6 is 0 Å². The number of carboxylic acids is 1. The number of hydrogen-bond donors (Lipinski definition) is 2. The van der Waals surface area contributed by atoms with Gasteiger partial charge in [-0.05, 0) is 79.8 Å². The van der Waals surface area contributed by atoms with Crippen molar-refractivity contribution in [2.24, 2.45) is 11.8 Å². The highest BCUT2D eigenvalue weighted by Gasteiger charge is 2.34. The first-order chi connectivity index (χ1) is 17.5. The van der Waals surface area contributed by atoms with Crippen molar-refractivity contribution < 1.29 is 24.5 Å². The Balaban J connectivity index is 1.37. The molecule has 0 unspecified atom stereocenters. The summed E-state index contributed by atoms with van der Waals surface area (Å²) in [6.07, 6.45) is 2.87. The van der Waals surface area contributed by atoms with E-state index in [4.69, 9.17) is 9.47 Å². The molecule has 1 aliphatic rings. The maximum atomic E-state index is 12.1. The van der Waals surface area contributed by atoms with Crippen LogP contribution in [0.4, 0.5) is 0 Å². The molecule has 2 N–H and O–H groups in total. The molecule has 0 amide bonds. The fourth-order valence-corrected chi connectivity index (χ4v) is 4.88. The molecule has 36 heavy (non-hydrogen) atoms. The number of rotatable bonds is 8. The lowest BCUT2D eigenvalue weighted by Gasteiger charge is -2.36. The standard InChI is InChI=1S/C29H32N2O5/c1-35-22-7-3-5-20(17-22)6-4-15-31-16-13-21(26(19-31)29(33)34)8-11-28(32)24-12-14-30-27-10-9-23(36-2)18-25(24)27/h3,5,7,9-10,12,14,17-18,21,26,28,32H,8,11,13,15-16,19H2,1-2H3,(H,33,34)/t21-,26+,28+/m1/s1. The van der Waals surface area contributed by atoms with Gasteiger partial charge in [-0.15, -0.1) is 0 Å². The molecule has 1 fully saturated rings. The van der Waals surface area contributed by atoms with Crippen LogP contribution in [0.2, 0.25) is 0 Å². The molecule has 188 valence electrons. The average Bonchev–Trinajstić information content (AvgIpc) is 2.91. The quantitative estimate of drug-likeness (QED) is 0.461. The zero-order chi connectivity index (χ0) is 25.5. The van der Waals surface area contributed by atoms with Crippen molar-refractivity contribution in [1.29, 1.82) is 0 Å². The molecule has 7 heteroatoms. The zero-order valence-corrected chi connectivity index (χ0v) is 20.7. The number of ether oxygens (including phenoxy) is 2. The van der Waals surface area contributed by atoms with E-state index in [9.17, 15) is 15.0 Å². The first kappa shape index (κ1) is 25.5. The minimum atomic E-state index is -0.793. The first-order valence-electron chi connectivity index (χ1n) is 12.2. The van der Waals surface area contributed by atoms with Crippen molar-refractivity contribution in [3.05, 3.63) is 65.9 Å². The average molecular weight is 489 g/mol. The van der Waals surface area contributed by atoms with Gasteiger partial charge >= 0.3 is 5.97 Å². The molecule has 0 radical (unpaired) electrons. The molecule has 4 rings (SSSR count). The molecule has 2 aromatic carbocycles. The van der Waals surface area contributed by atoms with Crippen molar-refractivity contribution in [2.75, 3.05) is 33.9 Å². The summed E-state index contributed by atoms with van der Waals surface area (Å²) in [5.74, 6) is 6.49. The number of carbonyl (C=O) groups is 1. The van der Waals surface area contributed by atoms with Crippen molar-refractivity contribution in [2.45, 2.75) is 25.4 Å². The molecule has 1 aliphatic heterocycles. The molecule has 0 spiro atoms. The monoisotopic (exact) mass is 488 g/mol. The number of benzene rings is 2. The van der Waals surface area contributed by atoms with Crippen LogP contribution in [0.5, 0.6) is 11.5 Å². The first-order valence-corrected chi connectivity index (χ1v) is 12.2. The minimum absolute atomic E-state index is 0.00220. The Bertz CT molecular complexity index is 1270. The summed E-state index contributed by atoms with van der Waals surface area (Å²) in [4.78, 5) is 18.6. The smallest absolute Gasteiger partial charge is 0.308 e. The number of pyridine rings is 1. The van der Waals surface area contributed by atoms with Crippen molar-refractivity contribution in [3.8, 4) is 23.3 Å². The summed E-state index contributed by atoms with van der Waals surface area (Å²) in [6.45, 7) is 1.76. The number of aliphatic hydroxyl groups is 1. The maximum absolute atomic E-state index is 12.1. The van der Waals surface area contributed by atoms with Crippen molar-refractivity contribution in [3.63, 3.8) is 0 Å². The van der Waals surface area contributed by atoms with Gasteiger partial charge in [0.2, 0.25) is 0 Å². The van der Waals surface area contributed by atoms with E-state index in [1.807, 2.05) is 48.5 Å². The van der Waals surface area contributed by atoms with Crippen LogP contribution in [-0.4, -0.2) is 59.9 Å². The fraction of sp³-hybridized carbons (Fsp3) is 0.379. The van der Waals surface area contributed by atoms with E-state index < -0.39 is 18.0 Å². The summed E-state index contributed by atoms with van der Waals surface area (Å²) in [6, 6.07) is 15.0. The van der Waals surface area contributed by atoms with E-state index in [-0.39, 0.29) is 5.92 Å². The molecular formula is C29H32N2O5. The van der Waals surface area contributed by atoms with Gasteiger partial charge in [0.1, 0.15) is 11.5 Å². The van der Waals surface area contributed by atoms with Gasteiger partial charge in [-0.1, -0.05) is 17.9 Å². The van der Waals surface area contributed by atoms with E-state index in [0.29, 0.717) is 31.7 Å². The normalized spacial score (nSPS) is 18.8. The Kier molecular flexibility index (Phi) is 8.42. The summed E-state index contributed by atoms with van der Waals surface area (Å²) in [5.41, 5.74) is 2.45. The highest BCUT2D eigenvalue weighted by molar-refractivity contribution is 5.83. The van der Waals surface area contributed by atoms with Crippen LogP contribution < -0.4 is 9.47 Å². The molecule has 7 nitrogen and oxygen atoms in total. The Labute approximate surface area is 211 Å². The van der Waals surface area contributed by atoms with Crippen LogP contribution in [0.25, 0.3) is 10.9 Å². The topological polar surface area (TPSA) is 92.1 Å². The Hall–Kier alpha value is -3.60. The van der Waals surface area contributed by atoms with E-state index in [2.05, 4.69) is 21.7 Å². The molecule has 3 aromatic rings. The van der Waals surface area contributed by atoms with Gasteiger partial charge in [-0.3, -0.25) is 14.7 Å².